The van der Waals surface area contributed by atoms with Crippen molar-refractivity contribution in [2.75, 3.05) is 32.7 Å². The minimum absolute atomic E-state index is 0.0840. The van der Waals surface area contributed by atoms with Gasteiger partial charge >= 0.3 is 0 Å². The lowest BCUT2D eigenvalue weighted by atomic mass is 9.90. The number of anilines is 1. The van der Waals surface area contributed by atoms with E-state index in [1.165, 1.54) is 81.6 Å². The van der Waals surface area contributed by atoms with Crippen molar-refractivity contribution in [3.8, 4) is 0 Å². The van der Waals surface area contributed by atoms with Crippen molar-refractivity contribution in [3.63, 3.8) is 0 Å². The lowest BCUT2D eigenvalue weighted by Gasteiger charge is -2.22. The Hall–Kier alpha value is -1.92. The standard InChI is InChI=1S/C25H41N3O2.CH5N/c1-3-23(19-26)25(29)28(2)27-24-16-14-21(15-17-24)11-7-4-5-10-18-30-20-22-12-8-6-9-13-22;1-2/h14-17,19,22-23,26-27H,3-13,18,20H2,1-2H3;2H2,1H3. The molecule has 1 aromatic rings. The van der Waals surface area contributed by atoms with Crippen LogP contribution in [0, 0.1) is 17.2 Å². The van der Waals surface area contributed by atoms with Crippen LogP contribution in [0.1, 0.15) is 76.7 Å². The Balaban J connectivity index is 0.00000249. The fourth-order valence-electron chi connectivity index (χ4n) is 4.10. The Kier molecular flexibility index (Phi) is 15.5. The molecule has 1 aliphatic carbocycles. The number of hydrogen-bond acceptors (Lipinski definition) is 5. The fraction of sp³-hybridized carbons (Fsp3) is 0.692. The van der Waals surface area contributed by atoms with Crippen LogP contribution in [0.15, 0.2) is 24.3 Å². The van der Waals surface area contributed by atoms with E-state index in [1.807, 2.05) is 19.1 Å². The molecule has 1 unspecified atom stereocenters. The van der Waals surface area contributed by atoms with Crippen LogP contribution < -0.4 is 11.2 Å². The van der Waals surface area contributed by atoms with E-state index >= 15 is 0 Å². The number of carbonyl (C=O) groups excluding carboxylic acids is 1. The van der Waals surface area contributed by atoms with Gasteiger partial charge in [-0.3, -0.25) is 15.2 Å². The number of rotatable bonds is 14. The Labute approximate surface area is 195 Å². The molecule has 1 fully saturated rings. The van der Waals surface area contributed by atoms with E-state index in [9.17, 15) is 4.79 Å². The predicted molar refractivity (Wildman–Crippen MR) is 135 cm³/mol. The third-order valence-corrected chi connectivity index (χ3v) is 6.12. The van der Waals surface area contributed by atoms with E-state index in [-0.39, 0.29) is 11.8 Å². The number of nitrogens with one attached hydrogen (secondary N) is 2. The molecular weight excluding hydrogens is 400 g/mol. The van der Waals surface area contributed by atoms with Gasteiger partial charge in [-0.15, -0.1) is 0 Å². The van der Waals surface area contributed by atoms with Crippen LogP contribution in [0.25, 0.3) is 0 Å². The number of unbranched alkanes of at least 4 members (excludes halogenated alkanes) is 3. The summed E-state index contributed by atoms with van der Waals surface area (Å²) in [6.45, 7) is 3.81. The zero-order valence-electron chi connectivity index (χ0n) is 20.6. The molecule has 0 radical (unpaired) electrons. The van der Waals surface area contributed by atoms with Gasteiger partial charge in [0.05, 0.1) is 11.6 Å². The van der Waals surface area contributed by atoms with Crippen LogP contribution >= 0.6 is 0 Å². The van der Waals surface area contributed by atoms with Gasteiger partial charge in [0.25, 0.3) is 0 Å². The summed E-state index contributed by atoms with van der Waals surface area (Å²) in [6, 6.07) is 8.29. The van der Waals surface area contributed by atoms with Crippen molar-refractivity contribution in [1.29, 1.82) is 5.41 Å². The summed E-state index contributed by atoms with van der Waals surface area (Å²) in [5.74, 6) is 0.372. The normalized spacial score (nSPS) is 14.8. The second-order valence-electron chi connectivity index (χ2n) is 8.63. The number of nitrogens with zero attached hydrogens (tertiary/aromatic N) is 1. The maximum atomic E-state index is 12.2. The summed E-state index contributed by atoms with van der Waals surface area (Å²) in [7, 11) is 3.21. The van der Waals surface area contributed by atoms with E-state index in [0.29, 0.717) is 6.42 Å². The summed E-state index contributed by atoms with van der Waals surface area (Å²) in [4.78, 5) is 12.2. The van der Waals surface area contributed by atoms with Gasteiger partial charge in [-0.05, 0) is 69.2 Å². The monoisotopic (exact) mass is 446 g/mol. The molecule has 1 aromatic carbocycles. The first kappa shape index (κ1) is 28.1. The fourth-order valence-corrected chi connectivity index (χ4v) is 4.10. The summed E-state index contributed by atoms with van der Waals surface area (Å²) in [5.41, 5.74) is 9.82. The summed E-state index contributed by atoms with van der Waals surface area (Å²) < 4.78 is 5.88. The molecule has 32 heavy (non-hydrogen) atoms. The molecule has 0 aliphatic heterocycles. The second-order valence-corrected chi connectivity index (χ2v) is 8.63. The van der Waals surface area contributed by atoms with Crippen LogP contribution in [-0.4, -0.2) is 44.4 Å². The Bertz CT molecular complexity index is 615. The van der Waals surface area contributed by atoms with Crippen LogP contribution in [-0.2, 0) is 16.0 Å². The Morgan fingerprint density at radius 2 is 1.81 bits per heavy atom. The molecule has 0 aromatic heterocycles. The van der Waals surface area contributed by atoms with Crippen molar-refractivity contribution in [2.45, 2.75) is 77.6 Å². The maximum absolute atomic E-state index is 12.2. The second kappa shape index (κ2) is 17.6. The third-order valence-electron chi connectivity index (χ3n) is 6.12. The topological polar surface area (TPSA) is 91.4 Å². The number of hydrazine groups is 1. The molecule has 1 saturated carbocycles. The number of benzene rings is 1. The summed E-state index contributed by atoms with van der Waals surface area (Å²) >= 11 is 0. The van der Waals surface area contributed by atoms with E-state index in [4.69, 9.17) is 10.1 Å². The van der Waals surface area contributed by atoms with Crippen LogP contribution in [0.5, 0.6) is 0 Å². The highest BCUT2D eigenvalue weighted by molar-refractivity contribution is 5.92. The van der Waals surface area contributed by atoms with Crippen LogP contribution in [0.4, 0.5) is 5.69 Å². The zero-order chi connectivity index (χ0) is 23.6. The van der Waals surface area contributed by atoms with Crippen molar-refractivity contribution in [3.05, 3.63) is 29.8 Å². The third kappa shape index (κ3) is 11.1. The van der Waals surface area contributed by atoms with Gasteiger partial charge in [-0.1, -0.05) is 51.2 Å². The molecule has 1 amide bonds. The molecule has 2 rings (SSSR count). The summed E-state index contributed by atoms with van der Waals surface area (Å²) in [5, 5.41) is 8.83. The molecule has 4 N–H and O–H groups in total. The van der Waals surface area contributed by atoms with Gasteiger partial charge in [0.1, 0.15) is 0 Å². The number of carbonyl (C=O) groups is 1. The molecule has 0 saturated heterocycles. The number of ether oxygens (including phenoxy) is 1. The molecule has 6 heteroatoms. The molecule has 0 heterocycles. The smallest absolute Gasteiger partial charge is 0.249 e. The molecule has 0 bridgehead atoms. The molecule has 0 spiro atoms. The largest absolute Gasteiger partial charge is 0.381 e. The lowest BCUT2D eigenvalue weighted by molar-refractivity contribution is -0.130. The first-order valence-electron chi connectivity index (χ1n) is 12.4. The quantitative estimate of drug-likeness (QED) is 0.202. The van der Waals surface area contributed by atoms with Gasteiger partial charge in [0.2, 0.25) is 5.91 Å². The van der Waals surface area contributed by atoms with Crippen LogP contribution in [0.3, 0.4) is 0 Å². The Morgan fingerprint density at radius 3 is 2.44 bits per heavy atom. The van der Waals surface area contributed by atoms with Gasteiger partial charge in [-0.25, -0.2) is 0 Å². The predicted octanol–water partition coefficient (Wildman–Crippen LogP) is 5.42. The first-order chi connectivity index (χ1) is 15.6. The van der Waals surface area contributed by atoms with Crippen molar-refractivity contribution in [1.82, 2.24) is 5.01 Å². The molecule has 1 aliphatic rings. The van der Waals surface area contributed by atoms with E-state index in [0.717, 1.165) is 31.2 Å². The van der Waals surface area contributed by atoms with E-state index in [2.05, 4.69) is 23.3 Å². The maximum Gasteiger partial charge on any atom is 0.249 e. The highest BCUT2D eigenvalue weighted by Gasteiger charge is 2.18. The lowest BCUT2D eigenvalue weighted by Crippen LogP contribution is -2.37. The SMILES string of the molecule is CCC(C=N)C(=O)N(C)Nc1ccc(CCCCCCOCC2CCCCC2)cc1.CN. The Morgan fingerprint density at radius 1 is 1.16 bits per heavy atom. The molecule has 1 atom stereocenters. The highest BCUT2D eigenvalue weighted by atomic mass is 16.5. The minimum atomic E-state index is -0.362. The number of nitrogens with two attached hydrogens (primary N) is 1. The van der Waals surface area contributed by atoms with Crippen molar-refractivity contribution >= 4 is 17.8 Å². The minimum Gasteiger partial charge on any atom is -0.381 e. The zero-order valence-corrected chi connectivity index (χ0v) is 20.6. The highest BCUT2D eigenvalue weighted by Crippen LogP contribution is 2.23. The van der Waals surface area contributed by atoms with Gasteiger partial charge in [-0.2, -0.15) is 0 Å². The average Bonchev–Trinajstić information content (AvgIpc) is 2.84. The van der Waals surface area contributed by atoms with Crippen molar-refractivity contribution in [2.24, 2.45) is 17.6 Å². The van der Waals surface area contributed by atoms with Crippen LogP contribution in [0.2, 0.25) is 0 Å². The first-order valence-corrected chi connectivity index (χ1v) is 12.4. The van der Waals surface area contributed by atoms with Gasteiger partial charge < -0.3 is 15.9 Å². The summed E-state index contributed by atoms with van der Waals surface area (Å²) in [6.07, 6.45) is 14.7. The molecule has 6 nitrogen and oxygen atoms in total. The molecular formula is C26H46N4O2. The molecule has 182 valence electrons. The number of aryl methyl sites for hydroxylation is 1. The van der Waals surface area contributed by atoms with Gasteiger partial charge in [0.15, 0.2) is 0 Å². The van der Waals surface area contributed by atoms with E-state index < -0.39 is 0 Å². The van der Waals surface area contributed by atoms with E-state index in [1.54, 1.807) is 7.05 Å². The number of hydrogen-bond donors (Lipinski definition) is 3. The van der Waals surface area contributed by atoms with Gasteiger partial charge in [0, 0.05) is 26.5 Å². The van der Waals surface area contributed by atoms with Crippen molar-refractivity contribution < 1.29 is 9.53 Å². The average molecular weight is 447 g/mol. The number of amides is 1.